The highest BCUT2D eigenvalue weighted by molar-refractivity contribution is 7.92. The maximum atomic E-state index is 13.4. The molecule has 0 bridgehead atoms. The minimum absolute atomic E-state index is 0.0382. The molecule has 32 heavy (non-hydrogen) atoms. The summed E-state index contributed by atoms with van der Waals surface area (Å²) in [5.41, 5.74) is 2.92. The smallest absolute Gasteiger partial charge is 0.264 e. The molecule has 0 saturated carbocycles. The summed E-state index contributed by atoms with van der Waals surface area (Å²) in [6.07, 6.45) is 1.48. The molecule has 0 unspecified atom stereocenters. The van der Waals surface area contributed by atoms with Crippen LogP contribution in [-0.2, 0) is 10.0 Å². The van der Waals surface area contributed by atoms with Gasteiger partial charge in [-0.2, -0.15) is 0 Å². The molecule has 0 saturated heterocycles. The van der Waals surface area contributed by atoms with Crippen molar-refractivity contribution in [2.75, 3.05) is 16.2 Å². The molecule has 0 spiro atoms. The Hall–Kier alpha value is -2.80. The van der Waals surface area contributed by atoms with Crippen LogP contribution in [0.5, 0.6) is 0 Å². The van der Waals surface area contributed by atoms with E-state index in [4.69, 9.17) is 23.2 Å². The second-order valence-electron chi connectivity index (χ2n) is 7.16. The molecule has 3 aromatic carbocycles. The molecule has 0 atom stereocenters. The van der Waals surface area contributed by atoms with Crippen LogP contribution in [0.15, 0.2) is 78.2 Å². The highest BCUT2D eigenvalue weighted by Crippen LogP contribution is 2.29. The van der Waals surface area contributed by atoms with Crippen LogP contribution in [0.25, 0.3) is 0 Å². The molecule has 1 N–H and O–H groups in total. The molecule has 3 rings (SSSR count). The quantitative estimate of drug-likeness (QED) is 0.400. The van der Waals surface area contributed by atoms with Crippen LogP contribution in [0.3, 0.4) is 0 Å². The van der Waals surface area contributed by atoms with Gasteiger partial charge in [-0.25, -0.2) is 8.42 Å². The molecule has 8 heteroatoms. The van der Waals surface area contributed by atoms with Crippen LogP contribution in [0.1, 0.15) is 21.5 Å². The topological polar surface area (TPSA) is 66.5 Å². The minimum atomic E-state index is -4.01. The molecule has 0 radical (unpaired) electrons. The Kier molecular flexibility index (Phi) is 7.29. The van der Waals surface area contributed by atoms with Gasteiger partial charge in [-0.1, -0.05) is 47.5 Å². The maximum absolute atomic E-state index is 13.4. The number of hydrogen-bond donors (Lipinski definition) is 1. The van der Waals surface area contributed by atoms with E-state index in [0.29, 0.717) is 16.4 Å². The predicted octanol–water partition coefficient (Wildman–Crippen LogP) is 6.24. The number of halogens is 2. The summed E-state index contributed by atoms with van der Waals surface area (Å²) in [6.45, 7) is 7.45. The molecule has 0 aliphatic rings. The van der Waals surface area contributed by atoms with E-state index in [1.165, 1.54) is 28.6 Å². The third-order valence-corrected chi connectivity index (χ3v) is 7.27. The van der Waals surface area contributed by atoms with Crippen molar-refractivity contribution in [2.24, 2.45) is 0 Å². The van der Waals surface area contributed by atoms with Gasteiger partial charge in [-0.3, -0.25) is 9.10 Å². The van der Waals surface area contributed by atoms with Crippen molar-refractivity contribution in [1.29, 1.82) is 0 Å². The van der Waals surface area contributed by atoms with Crippen molar-refractivity contribution < 1.29 is 13.2 Å². The Morgan fingerprint density at radius 2 is 1.66 bits per heavy atom. The first-order valence-electron chi connectivity index (χ1n) is 9.71. The lowest BCUT2D eigenvalue weighted by Crippen LogP contribution is -2.31. The van der Waals surface area contributed by atoms with Crippen molar-refractivity contribution in [3.8, 4) is 0 Å². The fourth-order valence-corrected chi connectivity index (χ4v) is 5.02. The lowest BCUT2D eigenvalue weighted by Gasteiger charge is -2.23. The lowest BCUT2D eigenvalue weighted by atomic mass is 10.1. The normalized spacial score (nSPS) is 11.1. The van der Waals surface area contributed by atoms with Gasteiger partial charge < -0.3 is 5.32 Å². The minimum Gasteiger partial charge on any atom is -0.321 e. The van der Waals surface area contributed by atoms with Crippen LogP contribution in [0.2, 0.25) is 10.0 Å². The van der Waals surface area contributed by atoms with Crippen LogP contribution < -0.4 is 9.62 Å². The Morgan fingerprint density at radius 3 is 2.25 bits per heavy atom. The van der Waals surface area contributed by atoms with E-state index < -0.39 is 15.9 Å². The first-order valence-corrected chi connectivity index (χ1v) is 11.9. The highest BCUT2D eigenvalue weighted by atomic mass is 35.5. The number of carbonyl (C=O) groups excluding carboxylic acids is 1. The molecule has 0 aromatic heterocycles. The van der Waals surface area contributed by atoms with E-state index in [2.05, 4.69) is 11.9 Å². The number of carbonyl (C=O) groups is 1. The Labute approximate surface area is 198 Å². The molecule has 3 aromatic rings. The second-order valence-corrected chi connectivity index (χ2v) is 9.87. The molecule has 0 aliphatic heterocycles. The maximum Gasteiger partial charge on any atom is 0.264 e. The summed E-state index contributed by atoms with van der Waals surface area (Å²) in [6, 6.07) is 16.1. The van der Waals surface area contributed by atoms with Crippen LogP contribution in [0.4, 0.5) is 11.4 Å². The molecule has 166 valence electrons. The van der Waals surface area contributed by atoms with E-state index in [0.717, 1.165) is 11.1 Å². The number of amides is 1. The van der Waals surface area contributed by atoms with Crippen LogP contribution in [0, 0.1) is 13.8 Å². The number of aryl methyl sites for hydroxylation is 2. The monoisotopic (exact) mass is 488 g/mol. The van der Waals surface area contributed by atoms with Gasteiger partial charge >= 0.3 is 0 Å². The van der Waals surface area contributed by atoms with Crippen molar-refractivity contribution >= 4 is 50.5 Å². The molecular weight excluding hydrogens is 467 g/mol. The standard InChI is InChI=1S/C24H22Cl2N2O3S/c1-4-14-28(19-10-8-18(25)9-11-19)32(30,31)20-12-13-22(26)21(15-20)24(29)27-23-16(2)6-5-7-17(23)3/h4-13,15H,1,14H2,2-3H3,(H,27,29). The summed E-state index contributed by atoms with van der Waals surface area (Å²) >= 11 is 12.2. The lowest BCUT2D eigenvalue weighted by molar-refractivity contribution is 0.102. The van der Waals surface area contributed by atoms with Gasteiger partial charge in [0.2, 0.25) is 0 Å². The highest BCUT2D eigenvalue weighted by Gasteiger charge is 2.26. The first-order chi connectivity index (χ1) is 15.1. The number of benzene rings is 3. The third kappa shape index (κ3) is 4.99. The van der Waals surface area contributed by atoms with Crippen molar-refractivity contribution in [3.05, 3.63) is 100 Å². The largest absolute Gasteiger partial charge is 0.321 e. The zero-order chi connectivity index (χ0) is 23.5. The van der Waals surface area contributed by atoms with Gasteiger partial charge in [0, 0.05) is 10.7 Å². The summed E-state index contributed by atoms with van der Waals surface area (Å²) in [7, 11) is -4.01. The fourth-order valence-electron chi connectivity index (χ4n) is 3.23. The van der Waals surface area contributed by atoms with Crippen LogP contribution in [-0.4, -0.2) is 20.9 Å². The van der Waals surface area contributed by atoms with E-state index in [9.17, 15) is 13.2 Å². The summed E-state index contributed by atoms with van der Waals surface area (Å²) in [4.78, 5) is 12.9. The Balaban J connectivity index is 2.01. The van der Waals surface area contributed by atoms with Gasteiger partial charge in [0.1, 0.15) is 0 Å². The summed E-state index contributed by atoms with van der Waals surface area (Å²) in [5, 5.41) is 3.48. The second kappa shape index (κ2) is 9.77. The Bertz CT molecular complexity index is 1250. The van der Waals surface area contributed by atoms with Gasteiger partial charge in [0.05, 0.1) is 27.7 Å². The zero-order valence-corrected chi connectivity index (χ0v) is 19.9. The van der Waals surface area contributed by atoms with Gasteiger partial charge in [0.25, 0.3) is 15.9 Å². The third-order valence-electron chi connectivity index (χ3n) is 4.90. The van der Waals surface area contributed by atoms with Crippen molar-refractivity contribution in [2.45, 2.75) is 18.7 Å². The number of nitrogens with zero attached hydrogens (tertiary/aromatic N) is 1. The average Bonchev–Trinajstić information content (AvgIpc) is 2.75. The fraction of sp³-hybridized carbons (Fsp3) is 0.125. The number of hydrogen-bond acceptors (Lipinski definition) is 3. The van der Waals surface area contributed by atoms with Crippen LogP contribution >= 0.6 is 23.2 Å². The number of anilines is 2. The molecule has 5 nitrogen and oxygen atoms in total. The average molecular weight is 489 g/mol. The SMILES string of the molecule is C=CCN(c1ccc(Cl)cc1)S(=O)(=O)c1ccc(Cl)c(C(=O)Nc2c(C)cccc2C)c1. The van der Waals surface area contributed by atoms with Gasteiger partial charge in [-0.05, 0) is 67.4 Å². The number of rotatable bonds is 7. The van der Waals surface area contributed by atoms with E-state index >= 15 is 0 Å². The molecular formula is C24H22Cl2N2O3S. The number of sulfonamides is 1. The van der Waals surface area contributed by atoms with E-state index in [1.807, 2.05) is 32.0 Å². The number of nitrogens with one attached hydrogen (secondary N) is 1. The van der Waals surface area contributed by atoms with Gasteiger partial charge in [-0.15, -0.1) is 6.58 Å². The predicted molar refractivity (Wildman–Crippen MR) is 132 cm³/mol. The molecule has 0 heterocycles. The van der Waals surface area contributed by atoms with Crippen molar-refractivity contribution in [1.82, 2.24) is 0 Å². The first kappa shape index (κ1) is 23.9. The summed E-state index contributed by atoms with van der Waals surface area (Å²) in [5.74, 6) is -0.494. The summed E-state index contributed by atoms with van der Waals surface area (Å²) < 4.78 is 28.0. The molecule has 0 aliphatic carbocycles. The van der Waals surface area contributed by atoms with Crippen molar-refractivity contribution in [3.63, 3.8) is 0 Å². The Morgan fingerprint density at radius 1 is 1.03 bits per heavy atom. The van der Waals surface area contributed by atoms with Gasteiger partial charge in [0.15, 0.2) is 0 Å². The molecule has 1 amide bonds. The zero-order valence-electron chi connectivity index (χ0n) is 17.6. The van der Waals surface area contributed by atoms with E-state index in [-0.39, 0.29) is 22.0 Å². The van der Waals surface area contributed by atoms with E-state index in [1.54, 1.807) is 24.3 Å². The molecule has 0 fully saturated rings. The number of para-hydroxylation sites is 1.